The van der Waals surface area contributed by atoms with Crippen molar-refractivity contribution in [1.29, 1.82) is 0 Å². The SMILES string of the molecule is C=CC(C)(O)C#Cc1cccc(CNc2cc(-c3cnc(C4CCN(C)CC4)s3)cnc2N)c1. The van der Waals surface area contributed by atoms with Crippen LogP contribution in [0.1, 0.15) is 41.8 Å². The van der Waals surface area contributed by atoms with Crippen LogP contribution in [-0.2, 0) is 6.54 Å². The van der Waals surface area contributed by atoms with Gasteiger partial charge in [-0.2, -0.15) is 0 Å². The monoisotopic (exact) mass is 473 g/mol. The molecule has 1 aromatic carbocycles. The van der Waals surface area contributed by atoms with E-state index in [0.29, 0.717) is 18.3 Å². The molecule has 2 aromatic heterocycles. The van der Waals surface area contributed by atoms with E-state index in [0.717, 1.165) is 53.2 Å². The van der Waals surface area contributed by atoms with Crippen molar-refractivity contribution in [2.45, 2.75) is 37.8 Å². The van der Waals surface area contributed by atoms with E-state index >= 15 is 0 Å². The van der Waals surface area contributed by atoms with Gasteiger partial charge in [-0.1, -0.05) is 30.6 Å². The van der Waals surface area contributed by atoms with Crippen LogP contribution in [0, 0.1) is 11.8 Å². The average Bonchev–Trinajstić information content (AvgIpc) is 3.33. The molecule has 0 spiro atoms. The molecule has 0 radical (unpaired) electrons. The van der Waals surface area contributed by atoms with E-state index in [-0.39, 0.29) is 0 Å². The Hall–Kier alpha value is -3.18. The lowest BCUT2D eigenvalue weighted by molar-refractivity contribution is 0.175. The first-order chi connectivity index (χ1) is 16.3. The largest absolute Gasteiger partial charge is 0.382 e. The van der Waals surface area contributed by atoms with Gasteiger partial charge in [-0.05, 0) is 69.7 Å². The Morgan fingerprint density at radius 3 is 2.85 bits per heavy atom. The number of nitrogen functional groups attached to an aromatic ring is 1. The van der Waals surface area contributed by atoms with Gasteiger partial charge in [0.05, 0.1) is 15.6 Å². The van der Waals surface area contributed by atoms with Crippen molar-refractivity contribution in [2.75, 3.05) is 31.2 Å². The van der Waals surface area contributed by atoms with Crippen molar-refractivity contribution in [3.63, 3.8) is 0 Å². The molecule has 6 nitrogen and oxygen atoms in total. The highest BCUT2D eigenvalue weighted by atomic mass is 32.1. The zero-order valence-electron chi connectivity index (χ0n) is 19.7. The fourth-order valence-corrected chi connectivity index (χ4v) is 4.89. The third-order valence-electron chi connectivity index (χ3n) is 6.06. The van der Waals surface area contributed by atoms with E-state index in [2.05, 4.69) is 40.7 Å². The first-order valence-electron chi connectivity index (χ1n) is 11.4. The van der Waals surface area contributed by atoms with E-state index in [1.54, 1.807) is 18.3 Å². The van der Waals surface area contributed by atoms with Gasteiger partial charge >= 0.3 is 0 Å². The first-order valence-corrected chi connectivity index (χ1v) is 12.3. The second kappa shape index (κ2) is 10.4. The van der Waals surface area contributed by atoms with E-state index in [9.17, 15) is 5.11 Å². The molecular weight excluding hydrogens is 442 g/mol. The molecule has 1 aliphatic rings. The van der Waals surface area contributed by atoms with Crippen LogP contribution in [-0.4, -0.2) is 45.7 Å². The summed E-state index contributed by atoms with van der Waals surface area (Å²) in [7, 11) is 2.18. The Kier molecular flexibility index (Phi) is 7.32. The molecule has 4 N–H and O–H groups in total. The number of piperidine rings is 1. The summed E-state index contributed by atoms with van der Waals surface area (Å²) in [5.41, 5.74) is 8.63. The Morgan fingerprint density at radius 1 is 1.29 bits per heavy atom. The van der Waals surface area contributed by atoms with Gasteiger partial charge in [-0.15, -0.1) is 11.3 Å². The first kappa shape index (κ1) is 24.0. The normalized spacial score (nSPS) is 16.3. The third-order valence-corrected chi connectivity index (χ3v) is 7.27. The van der Waals surface area contributed by atoms with Crippen LogP contribution in [0.15, 0.2) is 55.4 Å². The number of rotatable bonds is 6. The Bertz CT molecular complexity index is 1210. The van der Waals surface area contributed by atoms with Gasteiger partial charge in [0.25, 0.3) is 0 Å². The van der Waals surface area contributed by atoms with Crippen LogP contribution < -0.4 is 11.1 Å². The number of hydrogen-bond donors (Lipinski definition) is 3. The lowest BCUT2D eigenvalue weighted by Gasteiger charge is -2.27. The van der Waals surface area contributed by atoms with Crippen LogP contribution in [0.4, 0.5) is 11.5 Å². The second-order valence-corrected chi connectivity index (χ2v) is 10.0. The topological polar surface area (TPSA) is 87.3 Å². The maximum atomic E-state index is 10.0. The number of aliphatic hydroxyl groups is 1. The smallest absolute Gasteiger partial charge is 0.146 e. The predicted octanol–water partition coefficient (Wildman–Crippen LogP) is 4.50. The predicted molar refractivity (Wildman–Crippen MR) is 141 cm³/mol. The fourth-order valence-electron chi connectivity index (χ4n) is 3.82. The summed E-state index contributed by atoms with van der Waals surface area (Å²) in [6, 6.07) is 9.92. The minimum atomic E-state index is -1.21. The molecule has 7 heteroatoms. The number of aromatic nitrogens is 2. The molecule has 0 saturated carbocycles. The number of benzene rings is 1. The number of likely N-dealkylation sites (tertiary alicyclic amines) is 1. The molecule has 34 heavy (non-hydrogen) atoms. The van der Waals surface area contributed by atoms with Crippen molar-refractivity contribution in [1.82, 2.24) is 14.9 Å². The number of thiazole rings is 1. The van der Waals surface area contributed by atoms with Crippen molar-refractivity contribution < 1.29 is 5.11 Å². The van der Waals surface area contributed by atoms with Gasteiger partial charge in [0, 0.05) is 36.0 Å². The summed E-state index contributed by atoms with van der Waals surface area (Å²) < 4.78 is 0. The third kappa shape index (κ3) is 6.03. The molecule has 3 heterocycles. The second-order valence-electron chi connectivity index (χ2n) is 8.95. The summed E-state index contributed by atoms with van der Waals surface area (Å²) in [5.74, 6) is 6.82. The number of pyridine rings is 1. The van der Waals surface area contributed by atoms with Gasteiger partial charge in [0.1, 0.15) is 11.4 Å². The summed E-state index contributed by atoms with van der Waals surface area (Å²) in [4.78, 5) is 12.6. The van der Waals surface area contributed by atoms with Gasteiger partial charge in [0.15, 0.2) is 0 Å². The summed E-state index contributed by atoms with van der Waals surface area (Å²) >= 11 is 1.75. The molecular formula is C27H31N5OS. The number of nitrogens with zero attached hydrogens (tertiary/aromatic N) is 3. The van der Waals surface area contributed by atoms with E-state index in [1.807, 2.05) is 42.7 Å². The van der Waals surface area contributed by atoms with Crippen LogP contribution in [0.25, 0.3) is 10.4 Å². The molecule has 0 bridgehead atoms. The lowest BCUT2D eigenvalue weighted by atomic mass is 9.98. The molecule has 0 aliphatic carbocycles. The van der Waals surface area contributed by atoms with Gasteiger partial charge in [-0.25, -0.2) is 9.97 Å². The highest BCUT2D eigenvalue weighted by Crippen LogP contribution is 2.35. The van der Waals surface area contributed by atoms with Crippen LogP contribution >= 0.6 is 11.3 Å². The van der Waals surface area contributed by atoms with Gasteiger partial charge in [-0.3, -0.25) is 0 Å². The number of anilines is 2. The van der Waals surface area contributed by atoms with Crippen molar-refractivity contribution in [2.24, 2.45) is 0 Å². The summed E-state index contributed by atoms with van der Waals surface area (Å²) in [6.07, 6.45) is 7.51. The maximum absolute atomic E-state index is 10.0. The Morgan fingerprint density at radius 2 is 2.09 bits per heavy atom. The molecule has 176 valence electrons. The molecule has 0 amide bonds. The highest BCUT2D eigenvalue weighted by molar-refractivity contribution is 7.15. The molecule has 1 atom stereocenters. The van der Waals surface area contributed by atoms with E-state index in [1.165, 1.54) is 11.1 Å². The Balaban J connectivity index is 1.46. The molecule has 1 saturated heterocycles. The number of hydrogen-bond acceptors (Lipinski definition) is 7. The fraction of sp³-hybridized carbons (Fsp3) is 0.333. The molecule has 4 rings (SSSR count). The summed E-state index contributed by atoms with van der Waals surface area (Å²) in [5, 5.41) is 14.6. The van der Waals surface area contributed by atoms with E-state index < -0.39 is 5.60 Å². The van der Waals surface area contributed by atoms with Crippen molar-refractivity contribution >= 4 is 22.8 Å². The highest BCUT2D eigenvalue weighted by Gasteiger charge is 2.21. The van der Waals surface area contributed by atoms with Gasteiger partial charge in [0.2, 0.25) is 0 Å². The van der Waals surface area contributed by atoms with Gasteiger partial charge < -0.3 is 21.1 Å². The van der Waals surface area contributed by atoms with Crippen LogP contribution in [0.2, 0.25) is 0 Å². The zero-order chi connectivity index (χ0) is 24.1. The van der Waals surface area contributed by atoms with Crippen LogP contribution in [0.5, 0.6) is 0 Å². The molecule has 1 fully saturated rings. The quantitative estimate of drug-likeness (QED) is 0.361. The average molecular weight is 474 g/mol. The number of nitrogens with one attached hydrogen (secondary N) is 1. The minimum Gasteiger partial charge on any atom is -0.382 e. The molecule has 3 aromatic rings. The zero-order valence-corrected chi connectivity index (χ0v) is 20.5. The van der Waals surface area contributed by atoms with Crippen molar-refractivity contribution in [3.05, 3.63) is 71.5 Å². The van der Waals surface area contributed by atoms with E-state index in [4.69, 9.17) is 10.7 Å². The summed E-state index contributed by atoms with van der Waals surface area (Å²) in [6.45, 7) is 8.04. The molecule has 1 aliphatic heterocycles. The standard InChI is InChI=1S/C27H31N5OS/c1-4-27(2,33)11-8-19-6-5-7-20(14-19)16-29-23-15-22(17-30-25(23)28)24-18-31-26(34-24)21-9-12-32(3)13-10-21/h4-7,14-15,17-18,21,29,33H,1,9-10,12-13,16H2,2-3H3,(H2,28,30). The van der Waals surface area contributed by atoms with Crippen LogP contribution in [0.3, 0.4) is 0 Å². The minimum absolute atomic E-state index is 0.460. The lowest BCUT2D eigenvalue weighted by Crippen LogP contribution is -2.29. The maximum Gasteiger partial charge on any atom is 0.146 e. The molecule has 1 unspecified atom stereocenters. The number of nitrogens with two attached hydrogens (primary N) is 1. The Labute approximate surface area is 205 Å². The van der Waals surface area contributed by atoms with Crippen molar-refractivity contribution in [3.8, 4) is 22.3 Å².